The normalized spacial score (nSPS) is 11.4. The van der Waals surface area contributed by atoms with Gasteiger partial charge < -0.3 is 15.5 Å². The summed E-state index contributed by atoms with van der Waals surface area (Å²) < 4.78 is 0. The zero-order valence-corrected chi connectivity index (χ0v) is 11.9. The molecule has 0 aliphatic carbocycles. The summed E-state index contributed by atoms with van der Waals surface area (Å²) in [5, 5.41) is 21.5. The smallest absolute Gasteiger partial charge is 0.255 e. The highest BCUT2D eigenvalue weighted by molar-refractivity contribution is 5.97. The van der Waals surface area contributed by atoms with Crippen LogP contribution in [-0.4, -0.2) is 29.3 Å². The lowest BCUT2D eigenvalue weighted by molar-refractivity contribution is 0.0925. The first-order valence-electron chi connectivity index (χ1n) is 6.60. The van der Waals surface area contributed by atoms with Crippen LogP contribution in [0.15, 0.2) is 18.2 Å². The fourth-order valence-corrected chi connectivity index (χ4v) is 1.79. The maximum Gasteiger partial charge on any atom is 0.255 e. The van der Waals surface area contributed by atoms with E-state index in [-0.39, 0.29) is 23.7 Å². The van der Waals surface area contributed by atoms with Crippen molar-refractivity contribution in [2.24, 2.45) is 5.41 Å². The number of carbonyl (C=O) groups is 1. The molecule has 0 bridgehead atoms. The van der Waals surface area contributed by atoms with Gasteiger partial charge in [-0.05, 0) is 36.0 Å². The number of amides is 1. The molecule has 0 unspecified atom stereocenters. The zero-order chi connectivity index (χ0) is 14.5. The van der Waals surface area contributed by atoms with Gasteiger partial charge in [-0.3, -0.25) is 4.79 Å². The lowest BCUT2D eigenvalue weighted by Crippen LogP contribution is -2.34. The third-order valence-electron chi connectivity index (χ3n) is 3.23. The van der Waals surface area contributed by atoms with Crippen molar-refractivity contribution in [3.05, 3.63) is 29.3 Å². The van der Waals surface area contributed by atoms with Gasteiger partial charge in [-0.15, -0.1) is 0 Å². The quantitative estimate of drug-likeness (QED) is 0.737. The SMILES string of the molecule is CCc1ccc(O)c(C(=O)NCC(C)(C)CCO)c1. The number of aliphatic hydroxyl groups excluding tert-OH is 1. The molecule has 106 valence electrons. The first kappa shape index (κ1) is 15.5. The highest BCUT2D eigenvalue weighted by Crippen LogP contribution is 2.21. The Morgan fingerprint density at radius 1 is 1.37 bits per heavy atom. The maximum atomic E-state index is 12.1. The van der Waals surface area contributed by atoms with Gasteiger partial charge in [-0.1, -0.05) is 26.8 Å². The molecule has 4 nitrogen and oxygen atoms in total. The molecular weight excluding hydrogens is 242 g/mol. The van der Waals surface area contributed by atoms with Crippen molar-refractivity contribution in [2.45, 2.75) is 33.6 Å². The van der Waals surface area contributed by atoms with E-state index in [1.807, 2.05) is 26.8 Å². The molecular formula is C15H23NO3. The van der Waals surface area contributed by atoms with E-state index in [1.165, 1.54) is 0 Å². The summed E-state index contributed by atoms with van der Waals surface area (Å²) in [5.74, 6) is -0.284. The van der Waals surface area contributed by atoms with Gasteiger partial charge in [0.15, 0.2) is 0 Å². The highest BCUT2D eigenvalue weighted by Gasteiger charge is 2.19. The number of hydrogen-bond donors (Lipinski definition) is 3. The Kier molecular flexibility index (Phi) is 5.36. The van der Waals surface area contributed by atoms with E-state index in [0.29, 0.717) is 18.5 Å². The van der Waals surface area contributed by atoms with E-state index in [1.54, 1.807) is 12.1 Å². The number of rotatable bonds is 6. The summed E-state index contributed by atoms with van der Waals surface area (Å²) in [6.07, 6.45) is 1.44. The van der Waals surface area contributed by atoms with Crippen LogP contribution in [0.3, 0.4) is 0 Å². The summed E-state index contributed by atoms with van der Waals surface area (Å²) in [4.78, 5) is 12.1. The summed E-state index contributed by atoms with van der Waals surface area (Å²) in [6.45, 7) is 6.51. The molecule has 4 heteroatoms. The van der Waals surface area contributed by atoms with Crippen LogP contribution in [0.5, 0.6) is 5.75 Å². The van der Waals surface area contributed by atoms with E-state index in [9.17, 15) is 9.90 Å². The second-order valence-electron chi connectivity index (χ2n) is 5.53. The highest BCUT2D eigenvalue weighted by atomic mass is 16.3. The molecule has 3 N–H and O–H groups in total. The van der Waals surface area contributed by atoms with Crippen LogP contribution in [0.1, 0.15) is 43.1 Å². The Balaban J connectivity index is 2.73. The molecule has 0 aliphatic heterocycles. The van der Waals surface area contributed by atoms with Gasteiger partial charge >= 0.3 is 0 Å². The number of aliphatic hydroxyl groups is 1. The van der Waals surface area contributed by atoms with Gasteiger partial charge in [-0.2, -0.15) is 0 Å². The van der Waals surface area contributed by atoms with E-state index >= 15 is 0 Å². The van der Waals surface area contributed by atoms with Gasteiger partial charge in [0.05, 0.1) is 5.56 Å². The second-order valence-corrected chi connectivity index (χ2v) is 5.53. The van der Waals surface area contributed by atoms with Crippen molar-refractivity contribution in [1.82, 2.24) is 5.32 Å². The molecule has 1 amide bonds. The summed E-state index contributed by atoms with van der Waals surface area (Å²) in [5.41, 5.74) is 1.15. The number of aromatic hydroxyl groups is 1. The van der Waals surface area contributed by atoms with Gasteiger partial charge in [0, 0.05) is 13.2 Å². The third kappa shape index (κ3) is 4.56. The molecule has 1 aromatic rings. The molecule has 0 saturated carbocycles. The number of hydrogen-bond acceptors (Lipinski definition) is 3. The van der Waals surface area contributed by atoms with Crippen LogP contribution in [-0.2, 0) is 6.42 Å². The number of benzene rings is 1. The molecule has 0 aliphatic rings. The Hall–Kier alpha value is -1.55. The number of aryl methyl sites for hydroxylation is 1. The average Bonchev–Trinajstić information content (AvgIpc) is 2.36. The predicted molar refractivity (Wildman–Crippen MR) is 75.3 cm³/mol. The maximum absolute atomic E-state index is 12.1. The molecule has 0 atom stereocenters. The first-order valence-corrected chi connectivity index (χ1v) is 6.60. The number of nitrogens with one attached hydrogen (secondary N) is 1. The van der Waals surface area contributed by atoms with E-state index in [0.717, 1.165) is 12.0 Å². The number of phenolic OH excluding ortho intramolecular Hbond substituents is 1. The standard InChI is InChI=1S/C15H23NO3/c1-4-11-5-6-13(18)12(9-11)14(19)16-10-15(2,3)7-8-17/h5-6,9,17-18H,4,7-8,10H2,1-3H3,(H,16,19). The Morgan fingerprint density at radius 3 is 2.63 bits per heavy atom. The lowest BCUT2D eigenvalue weighted by atomic mass is 9.89. The number of carbonyl (C=O) groups excluding carboxylic acids is 1. The molecule has 0 radical (unpaired) electrons. The summed E-state index contributed by atoms with van der Waals surface area (Å²) in [7, 11) is 0. The van der Waals surface area contributed by atoms with Gasteiger partial charge in [0.25, 0.3) is 5.91 Å². The minimum atomic E-state index is -0.279. The fourth-order valence-electron chi connectivity index (χ4n) is 1.79. The van der Waals surface area contributed by atoms with E-state index < -0.39 is 0 Å². The predicted octanol–water partition coefficient (Wildman–Crippen LogP) is 2.09. The minimum Gasteiger partial charge on any atom is -0.507 e. The Bertz CT molecular complexity index is 441. The van der Waals surface area contributed by atoms with Crippen molar-refractivity contribution in [3.63, 3.8) is 0 Å². The average molecular weight is 265 g/mol. The van der Waals surface area contributed by atoms with Crippen LogP contribution < -0.4 is 5.32 Å². The summed E-state index contributed by atoms with van der Waals surface area (Å²) in [6, 6.07) is 5.07. The molecule has 1 aromatic carbocycles. The van der Waals surface area contributed by atoms with Gasteiger partial charge in [0.2, 0.25) is 0 Å². The van der Waals surface area contributed by atoms with Crippen molar-refractivity contribution < 1.29 is 15.0 Å². The Morgan fingerprint density at radius 2 is 2.05 bits per heavy atom. The van der Waals surface area contributed by atoms with Crippen LogP contribution in [0.25, 0.3) is 0 Å². The van der Waals surface area contributed by atoms with Crippen molar-refractivity contribution >= 4 is 5.91 Å². The molecule has 0 heterocycles. The van der Waals surface area contributed by atoms with Crippen molar-refractivity contribution in [3.8, 4) is 5.75 Å². The Labute approximate surface area is 114 Å². The van der Waals surface area contributed by atoms with E-state index in [4.69, 9.17) is 5.11 Å². The zero-order valence-electron chi connectivity index (χ0n) is 11.9. The molecule has 0 saturated heterocycles. The van der Waals surface area contributed by atoms with Gasteiger partial charge in [0.1, 0.15) is 5.75 Å². The van der Waals surface area contributed by atoms with Gasteiger partial charge in [-0.25, -0.2) is 0 Å². The number of phenols is 1. The molecule has 1 rings (SSSR count). The minimum absolute atomic E-state index is 0.00494. The fraction of sp³-hybridized carbons (Fsp3) is 0.533. The first-order chi connectivity index (χ1) is 8.89. The van der Waals surface area contributed by atoms with Crippen LogP contribution in [0, 0.1) is 5.41 Å². The monoisotopic (exact) mass is 265 g/mol. The molecule has 0 aromatic heterocycles. The molecule has 19 heavy (non-hydrogen) atoms. The third-order valence-corrected chi connectivity index (χ3v) is 3.23. The molecule has 0 spiro atoms. The van der Waals surface area contributed by atoms with Crippen LogP contribution in [0.2, 0.25) is 0 Å². The van der Waals surface area contributed by atoms with E-state index in [2.05, 4.69) is 5.32 Å². The summed E-state index contributed by atoms with van der Waals surface area (Å²) >= 11 is 0. The largest absolute Gasteiger partial charge is 0.507 e. The van der Waals surface area contributed by atoms with Crippen LogP contribution >= 0.6 is 0 Å². The van der Waals surface area contributed by atoms with Crippen LogP contribution in [0.4, 0.5) is 0 Å². The topological polar surface area (TPSA) is 69.6 Å². The van der Waals surface area contributed by atoms with Crippen molar-refractivity contribution in [2.75, 3.05) is 13.2 Å². The second kappa shape index (κ2) is 6.57. The van der Waals surface area contributed by atoms with Crippen molar-refractivity contribution in [1.29, 1.82) is 0 Å². The lowest BCUT2D eigenvalue weighted by Gasteiger charge is -2.24. The molecule has 0 fully saturated rings.